The minimum Gasteiger partial charge on any atom is -0.481 e. The Labute approximate surface area is 112 Å². The summed E-state index contributed by atoms with van der Waals surface area (Å²) in [5, 5.41) is 14.4. The summed E-state index contributed by atoms with van der Waals surface area (Å²) >= 11 is 1.38. The van der Waals surface area contributed by atoms with Gasteiger partial charge in [-0.25, -0.2) is 0 Å². The van der Waals surface area contributed by atoms with E-state index in [0.717, 1.165) is 29.5 Å². The maximum Gasteiger partial charge on any atom is 0.313 e. The minimum absolute atomic E-state index is 0.106. The molecule has 1 unspecified atom stereocenters. The van der Waals surface area contributed by atoms with Gasteiger partial charge < -0.3 is 5.11 Å². The van der Waals surface area contributed by atoms with E-state index in [4.69, 9.17) is 5.11 Å². The number of nitrogens with zero attached hydrogens (tertiary/aromatic N) is 2. The first kappa shape index (κ1) is 13.5. The SMILES string of the molecule is CCCc1cc(SCC(=O)O)n(C(C)C2CC2)n1. The average molecular weight is 268 g/mol. The van der Waals surface area contributed by atoms with Crippen LogP contribution in [0.25, 0.3) is 0 Å². The molecule has 1 aliphatic carbocycles. The van der Waals surface area contributed by atoms with E-state index in [0.29, 0.717) is 6.04 Å². The van der Waals surface area contributed by atoms with Crippen LogP contribution in [0.15, 0.2) is 11.1 Å². The summed E-state index contributed by atoms with van der Waals surface area (Å²) in [5.41, 5.74) is 1.08. The van der Waals surface area contributed by atoms with Crippen molar-refractivity contribution < 1.29 is 9.90 Å². The van der Waals surface area contributed by atoms with E-state index in [-0.39, 0.29) is 5.75 Å². The molecule has 4 nitrogen and oxygen atoms in total. The summed E-state index contributed by atoms with van der Waals surface area (Å²) in [6.45, 7) is 4.32. The summed E-state index contributed by atoms with van der Waals surface area (Å²) < 4.78 is 2.04. The summed E-state index contributed by atoms with van der Waals surface area (Å²) in [6, 6.07) is 2.45. The number of aliphatic carboxylic acids is 1. The van der Waals surface area contributed by atoms with Gasteiger partial charge in [-0.1, -0.05) is 25.1 Å². The van der Waals surface area contributed by atoms with Gasteiger partial charge >= 0.3 is 5.97 Å². The van der Waals surface area contributed by atoms with Gasteiger partial charge in [0.25, 0.3) is 0 Å². The summed E-state index contributed by atoms with van der Waals surface area (Å²) in [5.74, 6) is 0.0571. The van der Waals surface area contributed by atoms with Gasteiger partial charge in [-0.15, -0.1) is 0 Å². The zero-order valence-electron chi connectivity index (χ0n) is 10.9. The lowest BCUT2D eigenvalue weighted by molar-refractivity contribution is -0.133. The number of carbonyl (C=O) groups is 1. The smallest absolute Gasteiger partial charge is 0.313 e. The standard InChI is InChI=1S/C13H20N2O2S/c1-3-4-11-7-12(18-8-13(16)17)15(14-11)9(2)10-5-6-10/h7,9-10H,3-6,8H2,1-2H3,(H,16,17). The van der Waals surface area contributed by atoms with Crippen molar-refractivity contribution in [3.05, 3.63) is 11.8 Å². The quantitative estimate of drug-likeness (QED) is 0.772. The highest BCUT2D eigenvalue weighted by Crippen LogP contribution is 2.40. The molecule has 1 heterocycles. The van der Waals surface area contributed by atoms with Crippen molar-refractivity contribution in [3.8, 4) is 0 Å². The fourth-order valence-corrected chi connectivity index (χ4v) is 2.95. The molecule has 0 aromatic carbocycles. The Bertz CT molecular complexity index is 427. The molecule has 100 valence electrons. The Morgan fingerprint density at radius 2 is 2.39 bits per heavy atom. The maximum atomic E-state index is 10.7. The van der Waals surface area contributed by atoms with E-state index in [2.05, 4.69) is 25.0 Å². The van der Waals surface area contributed by atoms with Gasteiger partial charge in [0.15, 0.2) is 0 Å². The van der Waals surface area contributed by atoms with Crippen LogP contribution in [0.2, 0.25) is 0 Å². The van der Waals surface area contributed by atoms with E-state index in [1.807, 2.05) is 4.68 Å². The van der Waals surface area contributed by atoms with Gasteiger partial charge in [-0.05, 0) is 38.2 Å². The van der Waals surface area contributed by atoms with Crippen molar-refractivity contribution in [1.82, 2.24) is 9.78 Å². The Morgan fingerprint density at radius 1 is 1.67 bits per heavy atom. The topological polar surface area (TPSA) is 55.1 Å². The molecule has 1 atom stereocenters. The van der Waals surface area contributed by atoms with Gasteiger partial charge in [0, 0.05) is 0 Å². The van der Waals surface area contributed by atoms with Crippen LogP contribution >= 0.6 is 11.8 Å². The largest absolute Gasteiger partial charge is 0.481 e. The van der Waals surface area contributed by atoms with E-state index < -0.39 is 5.97 Å². The molecule has 1 saturated carbocycles. The molecule has 1 fully saturated rings. The van der Waals surface area contributed by atoms with Crippen molar-refractivity contribution in [2.45, 2.75) is 50.6 Å². The number of carboxylic acid groups (broad SMARTS) is 1. The van der Waals surface area contributed by atoms with Gasteiger partial charge in [-0.2, -0.15) is 5.10 Å². The predicted octanol–water partition coefficient (Wildman–Crippen LogP) is 2.98. The second-order valence-electron chi connectivity index (χ2n) is 4.93. The molecule has 1 aromatic rings. The lowest BCUT2D eigenvalue weighted by Crippen LogP contribution is -2.11. The molecule has 0 bridgehead atoms. The number of thioether (sulfide) groups is 1. The summed E-state index contributed by atoms with van der Waals surface area (Å²) in [4.78, 5) is 10.7. The van der Waals surface area contributed by atoms with Crippen LogP contribution in [0.3, 0.4) is 0 Å². The number of hydrogen-bond donors (Lipinski definition) is 1. The second kappa shape index (κ2) is 5.78. The molecular formula is C13H20N2O2S. The number of aryl methyl sites for hydroxylation is 1. The number of hydrogen-bond acceptors (Lipinski definition) is 3. The maximum absolute atomic E-state index is 10.7. The van der Waals surface area contributed by atoms with Crippen LogP contribution in [-0.4, -0.2) is 26.6 Å². The van der Waals surface area contributed by atoms with E-state index >= 15 is 0 Å². The Hall–Kier alpha value is -0.970. The predicted molar refractivity (Wildman–Crippen MR) is 72.0 cm³/mol. The van der Waals surface area contributed by atoms with Crippen LogP contribution in [0.4, 0.5) is 0 Å². The third-order valence-electron chi connectivity index (χ3n) is 3.29. The zero-order valence-corrected chi connectivity index (χ0v) is 11.7. The molecule has 0 spiro atoms. The normalized spacial score (nSPS) is 16.8. The van der Waals surface area contributed by atoms with Crippen molar-refractivity contribution in [2.75, 3.05) is 5.75 Å². The lowest BCUT2D eigenvalue weighted by Gasteiger charge is -2.14. The first-order chi connectivity index (χ1) is 8.61. The van der Waals surface area contributed by atoms with Crippen LogP contribution in [0, 0.1) is 5.92 Å². The molecular weight excluding hydrogens is 248 g/mol. The summed E-state index contributed by atoms with van der Waals surface area (Å²) in [6.07, 6.45) is 4.57. The Kier molecular flexibility index (Phi) is 4.32. The van der Waals surface area contributed by atoms with Gasteiger partial charge in [-0.3, -0.25) is 9.48 Å². The zero-order chi connectivity index (χ0) is 13.1. The first-order valence-corrected chi connectivity index (χ1v) is 7.53. The fraction of sp³-hybridized carbons (Fsp3) is 0.692. The number of rotatable bonds is 7. The van der Waals surface area contributed by atoms with Crippen LogP contribution in [0.5, 0.6) is 0 Å². The van der Waals surface area contributed by atoms with E-state index in [1.54, 1.807) is 0 Å². The Morgan fingerprint density at radius 3 is 2.94 bits per heavy atom. The molecule has 1 aliphatic rings. The fourth-order valence-electron chi connectivity index (χ4n) is 2.12. The molecule has 0 saturated heterocycles. The van der Waals surface area contributed by atoms with Crippen molar-refractivity contribution in [1.29, 1.82) is 0 Å². The molecule has 5 heteroatoms. The highest BCUT2D eigenvalue weighted by molar-refractivity contribution is 7.99. The third-order valence-corrected chi connectivity index (χ3v) is 4.28. The second-order valence-corrected chi connectivity index (χ2v) is 5.92. The molecule has 0 radical (unpaired) electrons. The number of aromatic nitrogens is 2. The van der Waals surface area contributed by atoms with Gasteiger partial charge in [0.1, 0.15) is 0 Å². The van der Waals surface area contributed by atoms with E-state index in [9.17, 15) is 4.79 Å². The highest BCUT2D eigenvalue weighted by atomic mass is 32.2. The average Bonchev–Trinajstić information content (AvgIpc) is 3.08. The van der Waals surface area contributed by atoms with Crippen molar-refractivity contribution in [3.63, 3.8) is 0 Å². The Balaban J connectivity index is 2.14. The molecule has 1 aromatic heterocycles. The number of carboxylic acids is 1. The molecule has 18 heavy (non-hydrogen) atoms. The van der Waals surface area contributed by atoms with Crippen LogP contribution in [0.1, 0.15) is 44.8 Å². The molecule has 0 amide bonds. The first-order valence-electron chi connectivity index (χ1n) is 6.54. The monoisotopic (exact) mass is 268 g/mol. The van der Waals surface area contributed by atoms with Gasteiger partial charge in [0.2, 0.25) is 0 Å². The third kappa shape index (κ3) is 3.28. The minimum atomic E-state index is -0.774. The molecule has 1 N–H and O–H groups in total. The summed E-state index contributed by atoms with van der Waals surface area (Å²) in [7, 11) is 0. The van der Waals surface area contributed by atoms with E-state index in [1.165, 1.54) is 24.6 Å². The van der Waals surface area contributed by atoms with Crippen LogP contribution in [-0.2, 0) is 11.2 Å². The molecule has 0 aliphatic heterocycles. The van der Waals surface area contributed by atoms with Crippen molar-refractivity contribution >= 4 is 17.7 Å². The van der Waals surface area contributed by atoms with Gasteiger partial charge in [0.05, 0.1) is 22.5 Å². The van der Waals surface area contributed by atoms with Crippen LogP contribution < -0.4 is 0 Å². The molecule has 2 rings (SSSR count). The highest BCUT2D eigenvalue weighted by Gasteiger charge is 2.31. The van der Waals surface area contributed by atoms with Crippen molar-refractivity contribution in [2.24, 2.45) is 5.92 Å². The lowest BCUT2D eigenvalue weighted by atomic mass is 10.2.